The van der Waals surface area contributed by atoms with Gasteiger partial charge >= 0.3 is 0 Å². The van der Waals surface area contributed by atoms with Crippen molar-refractivity contribution in [3.05, 3.63) is 169 Å². The number of para-hydroxylation sites is 2. The molecule has 3 aromatic heterocycles. The molecule has 0 atom stereocenters. The molecule has 0 fully saturated rings. The molecule has 0 unspecified atom stereocenters. The van der Waals surface area contributed by atoms with Crippen LogP contribution in [0.2, 0.25) is 0 Å². The highest BCUT2D eigenvalue weighted by Crippen LogP contribution is 2.44. The van der Waals surface area contributed by atoms with Gasteiger partial charge < -0.3 is 9.80 Å². The van der Waals surface area contributed by atoms with Crippen LogP contribution in [0.3, 0.4) is 0 Å². The van der Waals surface area contributed by atoms with Gasteiger partial charge in [-0.1, -0.05) is 91.0 Å². The van der Waals surface area contributed by atoms with E-state index in [2.05, 4.69) is 174 Å². The summed E-state index contributed by atoms with van der Waals surface area (Å²) in [5.41, 5.74) is 8.91. The number of aliphatic imine (C=N–C) groups is 2. The van der Waals surface area contributed by atoms with Gasteiger partial charge in [-0.15, -0.1) is 0 Å². The molecule has 8 heteroatoms. The fourth-order valence-electron chi connectivity index (χ4n) is 8.05. The molecular weight excluding hydrogens is 737 g/mol. The largest absolute Gasteiger partial charge is 0.318 e. The second-order valence-corrected chi connectivity index (χ2v) is 17.7. The second-order valence-electron chi connectivity index (χ2n) is 17.7. The molecular formula is C52H50N8. The van der Waals surface area contributed by atoms with Crippen molar-refractivity contribution >= 4 is 23.0 Å². The topological polar surface area (TPSA) is 82.8 Å². The van der Waals surface area contributed by atoms with Gasteiger partial charge in [0.05, 0.1) is 44.9 Å². The Morgan fingerprint density at radius 2 is 0.733 bits per heavy atom. The Morgan fingerprint density at radius 3 is 1.13 bits per heavy atom. The lowest BCUT2D eigenvalue weighted by atomic mass is 9.83. The van der Waals surface area contributed by atoms with Crippen LogP contribution in [0.25, 0.3) is 45.3 Å². The SMILES string of the molecule is CC1(C)N=C(c2ccc(-c3cc(-c4ccc(C5=NC(C)(C)C(C)(C)N5c5ccccc5)cn4)nc(-c4ccc(-c5ccccc5)cc4)n3)nc2)N(c2ccccc2)C1(C)C. The molecule has 0 radical (unpaired) electrons. The van der Waals surface area contributed by atoms with Crippen LogP contribution in [0.4, 0.5) is 11.4 Å². The van der Waals surface area contributed by atoms with Crippen LogP contribution < -0.4 is 9.80 Å². The van der Waals surface area contributed by atoms with Crippen LogP contribution >= 0.6 is 0 Å². The fourth-order valence-corrected chi connectivity index (χ4v) is 8.05. The zero-order valence-corrected chi connectivity index (χ0v) is 35.6. The molecule has 298 valence electrons. The molecule has 0 saturated carbocycles. The number of hydrogen-bond acceptors (Lipinski definition) is 8. The van der Waals surface area contributed by atoms with Crippen LogP contribution in [-0.4, -0.2) is 53.8 Å². The van der Waals surface area contributed by atoms with Crippen molar-refractivity contribution in [1.29, 1.82) is 0 Å². The molecule has 8 nitrogen and oxygen atoms in total. The summed E-state index contributed by atoms with van der Waals surface area (Å²) in [5.74, 6) is 2.38. The van der Waals surface area contributed by atoms with Crippen molar-refractivity contribution in [3.8, 4) is 45.3 Å². The summed E-state index contributed by atoms with van der Waals surface area (Å²) in [6.07, 6.45) is 3.82. The van der Waals surface area contributed by atoms with E-state index in [1.54, 1.807) is 0 Å². The third-order valence-corrected chi connectivity index (χ3v) is 12.9. The van der Waals surface area contributed by atoms with Crippen molar-refractivity contribution in [2.75, 3.05) is 9.80 Å². The minimum absolute atomic E-state index is 0.270. The Morgan fingerprint density at radius 1 is 0.367 bits per heavy atom. The summed E-state index contributed by atoms with van der Waals surface area (Å²) in [7, 11) is 0. The van der Waals surface area contributed by atoms with Crippen molar-refractivity contribution < 1.29 is 0 Å². The number of rotatable bonds is 8. The number of anilines is 2. The van der Waals surface area contributed by atoms with Crippen LogP contribution in [0.1, 0.15) is 66.5 Å². The van der Waals surface area contributed by atoms with E-state index in [4.69, 9.17) is 29.9 Å². The average Bonchev–Trinajstić information content (AvgIpc) is 3.59. The standard InChI is InChI=1S/C52H50N8/c1-49(2)51(5,6)59(40-20-14-10-15-21-40)47(57-49)38-28-30-42(53-33-38)44-32-45(56-46(55-44)37-26-24-36(25-27-37)35-18-12-9-13-19-35)43-31-29-39(34-54-43)48-58-50(3,4)52(7,8)60(48)41-22-16-11-17-23-41/h9-34H,1-8H3. The fraction of sp³-hybridized carbons (Fsp3) is 0.231. The third-order valence-electron chi connectivity index (χ3n) is 12.9. The summed E-state index contributed by atoms with van der Waals surface area (Å²) in [4.78, 5) is 35.5. The number of aromatic nitrogens is 4. The van der Waals surface area contributed by atoms with E-state index in [1.807, 2.05) is 48.8 Å². The summed E-state index contributed by atoms with van der Waals surface area (Å²) in [5, 5.41) is 0. The van der Waals surface area contributed by atoms with Gasteiger partial charge in [-0.2, -0.15) is 0 Å². The van der Waals surface area contributed by atoms with E-state index in [-0.39, 0.29) is 22.2 Å². The maximum Gasteiger partial charge on any atom is 0.160 e. The molecule has 5 heterocycles. The Bertz CT molecular complexity index is 2570. The van der Waals surface area contributed by atoms with Crippen molar-refractivity contribution in [2.45, 2.75) is 77.5 Å². The maximum absolute atomic E-state index is 5.27. The Hall–Kier alpha value is -6.80. The highest BCUT2D eigenvalue weighted by atomic mass is 15.3. The highest BCUT2D eigenvalue weighted by molar-refractivity contribution is 6.13. The molecule has 2 aliphatic heterocycles. The minimum Gasteiger partial charge on any atom is -0.318 e. The average molecular weight is 787 g/mol. The summed E-state index contributed by atoms with van der Waals surface area (Å²) in [6, 6.07) is 49.9. The van der Waals surface area contributed by atoms with E-state index in [1.165, 1.54) is 0 Å². The number of amidine groups is 2. The number of hydrogen-bond donors (Lipinski definition) is 0. The van der Waals surface area contributed by atoms with Crippen LogP contribution in [-0.2, 0) is 0 Å². The quantitative estimate of drug-likeness (QED) is 0.153. The van der Waals surface area contributed by atoms with E-state index >= 15 is 0 Å². The second kappa shape index (κ2) is 14.5. The van der Waals surface area contributed by atoms with Gasteiger partial charge in [-0.25, -0.2) is 9.97 Å². The first-order valence-electron chi connectivity index (χ1n) is 20.6. The molecule has 60 heavy (non-hydrogen) atoms. The van der Waals surface area contributed by atoms with E-state index in [9.17, 15) is 0 Å². The first-order valence-corrected chi connectivity index (χ1v) is 20.6. The van der Waals surface area contributed by atoms with Gasteiger partial charge in [0.25, 0.3) is 0 Å². The van der Waals surface area contributed by atoms with Gasteiger partial charge in [-0.05, 0) is 121 Å². The molecule has 0 aliphatic carbocycles. The van der Waals surface area contributed by atoms with E-state index in [0.29, 0.717) is 17.2 Å². The summed E-state index contributed by atoms with van der Waals surface area (Å²) < 4.78 is 0. The van der Waals surface area contributed by atoms with Gasteiger partial charge in [0.1, 0.15) is 11.7 Å². The summed E-state index contributed by atoms with van der Waals surface area (Å²) in [6.45, 7) is 17.8. The van der Waals surface area contributed by atoms with Crippen LogP contribution in [0.5, 0.6) is 0 Å². The molecule has 4 aromatic carbocycles. The zero-order valence-electron chi connectivity index (χ0n) is 35.6. The number of benzene rings is 4. The highest BCUT2D eigenvalue weighted by Gasteiger charge is 2.51. The zero-order chi connectivity index (χ0) is 41.9. The van der Waals surface area contributed by atoms with E-state index < -0.39 is 0 Å². The third kappa shape index (κ3) is 6.66. The van der Waals surface area contributed by atoms with Crippen molar-refractivity contribution in [2.24, 2.45) is 9.98 Å². The lowest BCUT2D eigenvalue weighted by molar-refractivity contribution is 0.338. The number of pyridine rings is 2. The Balaban J connectivity index is 1.10. The van der Waals surface area contributed by atoms with Crippen molar-refractivity contribution in [3.63, 3.8) is 0 Å². The molecule has 0 N–H and O–H groups in total. The molecule has 0 spiro atoms. The first-order chi connectivity index (χ1) is 28.7. The lowest BCUT2D eigenvalue weighted by Crippen LogP contribution is -2.53. The normalized spacial score (nSPS) is 17.3. The van der Waals surface area contributed by atoms with E-state index in [0.717, 1.165) is 62.3 Å². The predicted octanol–water partition coefficient (Wildman–Crippen LogP) is 11.6. The Kier molecular flexibility index (Phi) is 9.34. The molecule has 2 aliphatic rings. The monoisotopic (exact) mass is 786 g/mol. The molecule has 0 saturated heterocycles. The van der Waals surface area contributed by atoms with Crippen LogP contribution in [0.15, 0.2) is 168 Å². The van der Waals surface area contributed by atoms with Crippen molar-refractivity contribution in [1.82, 2.24) is 19.9 Å². The Labute approximate surface area is 353 Å². The lowest BCUT2D eigenvalue weighted by Gasteiger charge is -2.41. The molecule has 7 aromatic rings. The van der Waals surface area contributed by atoms with Crippen LogP contribution in [0, 0.1) is 0 Å². The first kappa shape index (κ1) is 38.7. The van der Waals surface area contributed by atoms with Gasteiger partial charge in [-0.3, -0.25) is 20.0 Å². The summed E-state index contributed by atoms with van der Waals surface area (Å²) >= 11 is 0. The van der Waals surface area contributed by atoms with Gasteiger partial charge in [0.15, 0.2) is 5.82 Å². The number of nitrogens with zero attached hydrogens (tertiary/aromatic N) is 8. The molecule has 0 amide bonds. The smallest absolute Gasteiger partial charge is 0.160 e. The molecule has 0 bridgehead atoms. The minimum atomic E-state index is -0.331. The predicted molar refractivity (Wildman–Crippen MR) is 247 cm³/mol. The molecule has 9 rings (SSSR count). The maximum atomic E-state index is 5.27. The van der Waals surface area contributed by atoms with Gasteiger partial charge in [0, 0.05) is 40.5 Å². The van der Waals surface area contributed by atoms with Gasteiger partial charge in [0.2, 0.25) is 0 Å².